The third-order valence-electron chi connectivity index (χ3n) is 5.30. The lowest BCUT2D eigenvalue weighted by atomic mass is 10.0. The van der Waals surface area contributed by atoms with Gasteiger partial charge in [0.05, 0.1) is 6.33 Å². The number of imidazole rings is 1. The van der Waals surface area contributed by atoms with Crippen molar-refractivity contribution >= 4 is 34.1 Å². The fraction of sp³-hybridized carbons (Fsp3) is 0.231. The fourth-order valence-corrected chi connectivity index (χ4v) is 4.86. The molecule has 5 heteroatoms. The zero-order valence-corrected chi connectivity index (χ0v) is 18.5. The van der Waals surface area contributed by atoms with Crippen LogP contribution in [0.15, 0.2) is 85.5 Å². The van der Waals surface area contributed by atoms with Crippen molar-refractivity contribution in [3.8, 4) is 0 Å². The van der Waals surface area contributed by atoms with Crippen molar-refractivity contribution in [3.63, 3.8) is 0 Å². The summed E-state index contributed by atoms with van der Waals surface area (Å²) in [6, 6.07) is 23.4. The standard InChI is InChI=1S/C26H27N3OS/c1-20(30)28-25-11-7-22(8-12-25)18-31-26(17-29-15-14-27-19-29)13-9-21-6-10-23-4-2-3-5-24(23)16-21/h2-8,10-12,14-16,19,26H,9,13,17-18H2,1H3,(H,28,30). The average molecular weight is 430 g/mol. The molecule has 0 aliphatic rings. The van der Waals surface area contributed by atoms with E-state index in [-0.39, 0.29) is 5.91 Å². The van der Waals surface area contributed by atoms with Crippen LogP contribution in [0.3, 0.4) is 0 Å². The van der Waals surface area contributed by atoms with E-state index in [9.17, 15) is 4.79 Å². The number of hydrogen-bond acceptors (Lipinski definition) is 3. The highest BCUT2D eigenvalue weighted by Gasteiger charge is 2.12. The summed E-state index contributed by atoms with van der Waals surface area (Å²) in [6.07, 6.45) is 7.92. The predicted octanol–water partition coefficient (Wildman–Crippen LogP) is 5.93. The molecule has 1 heterocycles. The van der Waals surface area contributed by atoms with E-state index in [0.717, 1.165) is 30.8 Å². The highest BCUT2D eigenvalue weighted by Crippen LogP contribution is 2.25. The first-order chi connectivity index (χ1) is 15.2. The van der Waals surface area contributed by atoms with E-state index < -0.39 is 0 Å². The second-order valence-corrected chi connectivity index (χ2v) is 9.08. The lowest BCUT2D eigenvalue weighted by molar-refractivity contribution is -0.114. The molecule has 31 heavy (non-hydrogen) atoms. The van der Waals surface area contributed by atoms with Crippen molar-refractivity contribution in [1.82, 2.24) is 9.55 Å². The molecule has 4 aromatic rings. The number of aromatic nitrogens is 2. The quantitative estimate of drug-likeness (QED) is 0.359. The molecule has 3 aromatic carbocycles. The SMILES string of the molecule is CC(=O)Nc1ccc(CSC(CCc2ccc3ccccc3c2)Cn2ccnc2)cc1. The number of aryl methyl sites for hydroxylation is 1. The molecule has 0 aliphatic carbocycles. The molecule has 1 N–H and O–H groups in total. The molecule has 4 rings (SSSR count). The maximum atomic E-state index is 11.2. The number of amides is 1. The van der Waals surface area contributed by atoms with Crippen LogP contribution in [0, 0.1) is 0 Å². The zero-order valence-electron chi connectivity index (χ0n) is 17.7. The Labute approximate surface area is 187 Å². The van der Waals surface area contributed by atoms with Crippen molar-refractivity contribution in [3.05, 3.63) is 96.6 Å². The van der Waals surface area contributed by atoms with Crippen molar-refractivity contribution in [2.75, 3.05) is 5.32 Å². The highest BCUT2D eigenvalue weighted by molar-refractivity contribution is 7.99. The van der Waals surface area contributed by atoms with Crippen LogP contribution in [0.1, 0.15) is 24.5 Å². The van der Waals surface area contributed by atoms with Crippen molar-refractivity contribution in [2.45, 2.75) is 37.3 Å². The van der Waals surface area contributed by atoms with Gasteiger partial charge in [0.25, 0.3) is 0 Å². The summed E-state index contributed by atoms with van der Waals surface area (Å²) in [6.45, 7) is 2.47. The minimum absolute atomic E-state index is 0.0452. The van der Waals surface area contributed by atoms with Crippen LogP contribution in [-0.2, 0) is 23.5 Å². The number of thioether (sulfide) groups is 1. The minimum atomic E-state index is -0.0452. The second-order valence-electron chi connectivity index (χ2n) is 7.79. The Morgan fingerprint density at radius 1 is 1.03 bits per heavy atom. The predicted molar refractivity (Wildman–Crippen MR) is 130 cm³/mol. The Morgan fingerprint density at radius 2 is 1.81 bits per heavy atom. The average Bonchev–Trinajstić information content (AvgIpc) is 3.29. The molecule has 0 spiro atoms. The number of nitrogens with zero attached hydrogens (tertiary/aromatic N) is 2. The third kappa shape index (κ3) is 6.22. The number of fused-ring (bicyclic) bond motifs is 1. The molecule has 158 valence electrons. The summed E-state index contributed by atoms with van der Waals surface area (Å²) in [4.78, 5) is 15.4. The van der Waals surface area contributed by atoms with E-state index in [2.05, 4.69) is 69.5 Å². The van der Waals surface area contributed by atoms with Crippen LogP contribution < -0.4 is 5.32 Å². The molecular formula is C26H27N3OS. The molecule has 1 atom stereocenters. The number of hydrogen-bond donors (Lipinski definition) is 1. The summed E-state index contributed by atoms with van der Waals surface area (Å²) < 4.78 is 2.16. The van der Waals surface area contributed by atoms with E-state index in [4.69, 9.17) is 0 Å². The monoisotopic (exact) mass is 429 g/mol. The van der Waals surface area contributed by atoms with Crippen LogP contribution in [0.4, 0.5) is 5.69 Å². The second kappa shape index (κ2) is 10.3. The van der Waals surface area contributed by atoms with Gasteiger partial charge in [0.2, 0.25) is 5.91 Å². The first kappa shape index (κ1) is 21.2. The Balaban J connectivity index is 1.39. The van der Waals surface area contributed by atoms with Crippen molar-refractivity contribution < 1.29 is 4.79 Å². The zero-order chi connectivity index (χ0) is 21.5. The van der Waals surface area contributed by atoms with Gasteiger partial charge in [-0.3, -0.25) is 4.79 Å². The number of benzene rings is 3. The normalized spacial score (nSPS) is 12.0. The van der Waals surface area contributed by atoms with Crippen LogP contribution in [0.25, 0.3) is 10.8 Å². The van der Waals surface area contributed by atoms with Gasteiger partial charge in [-0.25, -0.2) is 4.98 Å². The van der Waals surface area contributed by atoms with Gasteiger partial charge in [-0.2, -0.15) is 11.8 Å². The molecule has 1 unspecified atom stereocenters. The Hall–Kier alpha value is -3.05. The molecule has 0 saturated heterocycles. The third-order valence-corrected chi connectivity index (χ3v) is 6.66. The van der Waals surface area contributed by atoms with Gasteiger partial charge in [0.1, 0.15) is 0 Å². The molecule has 0 fully saturated rings. The molecule has 0 aliphatic heterocycles. The van der Waals surface area contributed by atoms with E-state index in [1.165, 1.54) is 28.8 Å². The van der Waals surface area contributed by atoms with Crippen LogP contribution in [-0.4, -0.2) is 20.7 Å². The highest BCUT2D eigenvalue weighted by atomic mass is 32.2. The summed E-state index contributed by atoms with van der Waals surface area (Å²) >= 11 is 1.98. The molecule has 0 radical (unpaired) electrons. The fourth-order valence-electron chi connectivity index (χ4n) is 3.68. The molecule has 1 aromatic heterocycles. The van der Waals surface area contributed by atoms with E-state index in [0.29, 0.717) is 5.25 Å². The lowest BCUT2D eigenvalue weighted by Crippen LogP contribution is -2.13. The molecule has 4 nitrogen and oxygen atoms in total. The number of rotatable bonds is 9. The Bertz CT molecular complexity index is 1120. The largest absolute Gasteiger partial charge is 0.336 e. The van der Waals surface area contributed by atoms with E-state index in [1.54, 1.807) is 0 Å². The van der Waals surface area contributed by atoms with Gasteiger partial charge in [-0.15, -0.1) is 0 Å². The van der Waals surface area contributed by atoms with Gasteiger partial charge >= 0.3 is 0 Å². The van der Waals surface area contributed by atoms with E-state index in [1.807, 2.05) is 42.6 Å². The number of nitrogens with one attached hydrogen (secondary N) is 1. The number of carbonyl (C=O) groups is 1. The summed E-state index contributed by atoms with van der Waals surface area (Å²) in [5.74, 6) is 0.897. The van der Waals surface area contributed by atoms with Gasteiger partial charge in [0.15, 0.2) is 0 Å². The van der Waals surface area contributed by atoms with Crippen LogP contribution in [0.2, 0.25) is 0 Å². The molecule has 1 amide bonds. The van der Waals surface area contributed by atoms with Gasteiger partial charge < -0.3 is 9.88 Å². The van der Waals surface area contributed by atoms with Gasteiger partial charge in [-0.1, -0.05) is 54.6 Å². The Kier molecular flexibility index (Phi) is 7.05. The van der Waals surface area contributed by atoms with Gasteiger partial charge in [-0.05, 0) is 46.9 Å². The lowest BCUT2D eigenvalue weighted by Gasteiger charge is -2.18. The van der Waals surface area contributed by atoms with E-state index >= 15 is 0 Å². The Morgan fingerprint density at radius 3 is 2.55 bits per heavy atom. The molecular weight excluding hydrogens is 402 g/mol. The maximum absolute atomic E-state index is 11.2. The first-order valence-corrected chi connectivity index (χ1v) is 11.6. The summed E-state index contributed by atoms with van der Waals surface area (Å²) in [5.41, 5.74) is 3.49. The van der Waals surface area contributed by atoms with Crippen molar-refractivity contribution in [2.24, 2.45) is 0 Å². The number of carbonyl (C=O) groups excluding carboxylic acids is 1. The topological polar surface area (TPSA) is 46.9 Å². The van der Waals surface area contributed by atoms with Crippen molar-refractivity contribution in [1.29, 1.82) is 0 Å². The molecule has 0 bridgehead atoms. The van der Waals surface area contributed by atoms with Crippen LogP contribution >= 0.6 is 11.8 Å². The minimum Gasteiger partial charge on any atom is -0.336 e. The maximum Gasteiger partial charge on any atom is 0.221 e. The first-order valence-electron chi connectivity index (χ1n) is 10.6. The smallest absolute Gasteiger partial charge is 0.221 e. The van der Waals surface area contributed by atoms with Gasteiger partial charge in [0, 0.05) is 42.6 Å². The summed E-state index contributed by atoms with van der Waals surface area (Å²) in [5, 5.41) is 5.90. The molecule has 0 saturated carbocycles. The summed E-state index contributed by atoms with van der Waals surface area (Å²) in [7, 11) is 0. The number of anilines is 1. The van der Waals surface area contributed by atoms with Crippen LogP contribution in [0.5, 0.6) is 0 Å².